The van der Waals surface area contributed by atoms with Gasteiger partial charge in [-0.25, -0.2) is 0 Å². The Kier molecular flexibility index (Phi) is 6.78. The van der Waals surface area contributed by atoms with Gasteiger partial charge in [0.1, 0.15) is 0 Å². The first-order valence-corrected chi connectivity index (χ1v) is 10.6. The van der Waals surface area contributed by atoms with Gasteiger partial charge >= 0.3 is 0 Å². The molecule has 4 nitrogen and oxygen atoms in total. The van der Waals surface area contributed by atoms with Crippen molar-refractivity contribution in [3.8, 4) is 0 Å². The summed E-state index contributed by atoms with van der Waals surface area (Å²) in [6, 6.07) is 15.0. The molecule has 0 aromatic heterocycles. The van der Waals surface area contributed by atoms with Crippen LogP contribution in [-0.2, 0) is 4.79 Å². The molecular weight excluding hydrogens is 440 g/mol. The van der Waals surface area contributed by atoms with E-state index in [4.69, 9.17) is 11.6 Å². The summed E-state index contributed by atoms with van der Waals surface area (Å²) >= 11 is 9.47. The van der Waals surface area contributed by atoms with Crippen LogP contribution in [0, 0.1) is 5.92 Å². The monoisotopic (exact) mass is 462 g/mol. The summed E-state index contributed by atoms with van der Waals surface area (Å²) in [5, 5.41) is 0.671. The van der Waals surface area contributed by atoms with Gasteiger partial charge in [0.15, 0.2) is 0 Å². The van der Waals surface area contributed by atoms with Gasteiger partial charge in [-0.05, 0) is 61.7 Å². The van der Waals surface area contributed by atoms with E-state index in [-0.39, 0.29) is 23.8 Å². The summed E-state index contributed by atoms with van der Waals surface area (Å²) in [6.45, 7) is 3.21. The van der Waals surface area contributed by atoms with E-state index >= 15 is 0 Å². The summed E-state index contributed by atoms with van der Waals surface area (Å²) in [5.41, 5.74) is 1.70. The van der Waals surface area contributed by atoms with E-state index < -0.39 is 0 Å². The minimum atomic E-state index is -0.0550. The van der Waals surface area contributed by atoms with Crippen LogP contribution in [0.15, 0.2) is 53.0 Å². The van der Waals surface area contributed by atoms with Crippen LogP contribution < -0.4 is 0 Å². The number of benzene rings is 2. The number of rotatable bonds is 4. The first-order chi connectivity index (χ1) is 13.4. The number of halogens is 2. The van der Waals surface area contributed by atoms with Crippen LogP contribution in [0.25, 0.3) is 0 Å². The van der Waals surface area contributed by atoms with Crippen molar-refractivity contribution in [2.75, 3.05) is 20.1 Å². The third-order valence-corrected chi connectivity index (χ3v) is 6.25. The zero-order chi connectivity index (χ0) is 20.3. The minimum absolute atomic E-state index is 0.0269. The zero-order valence-electron chi connectivity index (χ0n) is 16.1. The van der Waals surface area contributed by atoms with Crippen molar-refractivity contribution < 1.29 is 9.59 Å². The average Bonchev–Trinajstić information content (AvgIpc) is 2.72. The predicted octanol–water partition coefficient (Wildman–Crippen LogP) is 5.17. The quantitative estimate of drug-likeness (QED) is 0.627. The number of nitrogens with zero attached hydrogens (tertiary/aromatic N) is 2. The average molecular weight is 464 g/mol. The highest BCUT2D eigenvalue weighted by atomic mass is 79.9. The molecule has 1 fully saturated rings. The molecule has 1 atom stereocenters. The number of hydrogen-bond donors (Lipinski definition) is 0. The molecule has 1 unspecified atom stereocenters. The number of amides is 2. The van der Waals surface area contributed by atoms with Crippen LogP contribution in [-0.4, -0.2) is 41.8 Å². The molecule has 0 N–H and O–H groups in total. The van der Waals surface area contributed by atoms with Crippen LogP contribution in [0.4, 0.5) is 0 Å². The molecule has 0 bridgehead atoms. The van der Waals surface area contributed by atoms with E-state index in [1.807, 2.05) is 67.4 Å². The van der Waals surface area contributed by atoms with Crippen molar-refractivity contribution in [1.29, 1.82) is 0 Å². The summed E-state index contributed by atoms with van der Waals surface area (Å²) in [5.74, 6) is 0.0999. The smallest absolute Gasteiger partial charge is 0.253 e. The van der Waals surface area contributed by atoms with Gasteiger partial charge in [0.05, 0.1) is 6.04 Å². The lowest BCUT2D eigenvalue weighted by Gasteiger charge is -2.35. The molecule has 28 heavy (non-hydrogen) atoms. The minimum Gasteiger partial charge on any atom is -0.339 e. The Balaban J connectivity index is 1.58. The predicted molar refractivity (Wildman–Crippen MR) is 115 cm³/mol. The fourth-order valence-corrected chi connectivity index (χ4v) is 4.04. The van der Waals surface area contributed by atoms with Gasteiger partial charge in [-0.2, -0.15) is 0 Å². The molecule has 1 aliphatic heterocycles. The summed E-state index contributed by atoms with van der Waals surface area (Å²) < 4.78 is 0.949. The molecule has 0 aliphatic carbocycles. The molecule has 0 saturated carbocycles. The molecule has 0 radical (unpaired) electrons. The second kappa shape index (κ2) is 9.10. The standard InChI is InChI=1S/C22H24BrClN2O2/c1-15(18-4-3-5-20(24)14-18)25(2)21(27)17-10-12-26(13-11-17)22(28)16-6-8-19(23)9-7-16/h3-9,14-15,17H,10-13H2,1-2H3. The maximum Gasteiger partial charge on any atom is 0.253 e. The lowest BCUT2D eigenvalue weighted by molar-refractivity contribution is -0.137. The van der Waals surface area contributed by atoms with E-state index in [0.29, 0.717) is 36.5 Å². The third-order valence-electron chi connectivity index (χ3n) is 5.48. The molecule has 3 rings (SSSR count). The Labute approximate surface area is 179 Å². The number of piperidine rings is 1. The lowest BCUT2D eigenvalue weighted by Crippen LogP contribution is -2.44. The van der Waals surface area contributed by atoms with Crippen molar-refractivity contribution in [2.45, 2.75) is 25.8 Å². The number of carbonyl (C=O) groups is 2. The molecule has 1 aliphatic rings. The summed E-state index contributed by atoms with van der Waals surface area (Å²) in [7, 11) is 1.84. The van der Waals surface area contributed by atoms with Gasteiger partial charge in [-0.3, -0.25) is 9.59 Å². The molecule has 2 aromatic carbocycles. The van der Waals surface area contributed by atoms with Crippen LogP contribution in [0.5, 0.6) is 0 Å². The highest BCUT2D eigenvalue weighted by Gasteiger charge is 2.31. The molecule has 148 valence electrons. The highest BCUT2D eigenvalue weighted by Crippen LogP contribution is 2.27. The number of likely N-dealkylation sites (tertiary alicyclic amines) is 1. The van der Waals surface area contributed by atoms with E-state index in [1.165, 1.54) is 0 Å². The SMILES string of the molecule is CC(c1cccc(Cl)c1)N(C)C(=O)C1CCN(C(=O)c2ccc(Br)cc2)CC1. The second-order valence-corrected chi connectivity index (χ2v) is 8.61. The molecule has 2 aromatic rings. The third kappa shape index (κ3) is 4.76. The molecule has 1 heterocycles. The Morgan fingerprint density at radius 1 is 1.14 bits per heavy atom. The fourth-order valence-electron chi connectivity index (χ4n) is 3.57. The van der Waals surface area contributed by atoms with Crippen molar-refractivity contribution >= 4 is 39.3 Å². The number of carbonyl (C=O) groups excluding carboxylic acids is 2. The van der Waals surface area contributed by atoms with Gasteiger partial charge in [0, 0.05) is 41.1 Å². The zero-order valence-corrected chi connectivity index (χ0v) is 18.4. The van der Waals surface area contributed by atoms with Crippen LogP contribution in [0.2, 0.25) is 5.02 Å². The van der Waals surface area contributed by atoms with Gasteiger partial charge < -0.3 is 9.80 Å². The Hall–Kier alpha value is -1.85. The Morgan fingerprint density at radius 3 is 2.39 bits per heavy atom. The van der Waals surface area contributed by atoms with E-state index in [9.17, 15) is 9.59 Å². The van der Waals surface area contributed by atoms with Crippen molar-refractivity contribution in [2.24, 2.45) is 5.92 Å². The van der Waals surface area contributed by atoms with Crippen LogP contribution in [0.3, 0.4) is 0 Å². The normalized spacial score (nSPS) is 15.9. The van der Waals surface area contributed by atoms with Gasteiger partial charge in [-0.15, -0.1) is 0 Å². The molecule has 1 saturated heterocycles. The van der Waals surface area contributed by atoms with Crippen molar-refractivity contribution in [3.05, 3.63) is 69.2 Å². The van der Waals surface area contributed by atoms with Crippen LogP contribution >= 0.6 is 27.5 Å². The molecule has 6 heteroatoms. The molecular formula is C22H24BrClN2O2. The van der Waals surface area contributed by atoms with Gasteiger partial charge in [0.2, 0.25) is 5.91 Å². The summed E-state index contributed by atoms with van der Waals surface area (Å²) in [4.78, 5) is 29.3. The van der Waals surface area contributed by atoms with E-state index in [1.54, 1.807) is 4.90 Å². The topological polar surface area (TPSA) is 40.6 Å². The van der Waals surface area contributed by atoms with Gasteiger partial charge in [0.25, 0.3) is 5.91 Å². The first-order valence-electron chi connectivity index (χ1n) is 9.44. The maximum absolute atomic E-state index is 13.0. The van der Waals surface area contributed by atoms with Crippen molar-refractivity contribution in [3.63, 3.8) is 0 Å². The number of hydrogen-bond acceptors (Lipinski definition) is 2. The van der Waals surface area contributed by atoms with E-state index in [0.717, 1.165) is 10.0 Å². The Morgan fingerprint density at radius 2 is 1.79 bits per heavy atom. The molecule has 2 amide bonds. The van der Waals surface area contributed by atoms with Gasteiger partial charge in [-0.1, -0.05) is 39.7 Å². The van der Waals surface area contributed by atoms with E-state index in [2.05, 4.69) is 15.9 Å². The highest BCUT2D eigenvalue weighted by molar-refractivity contribution is 9.10. The lowest BCUT2D eigenvalue weighted by atomic mass is 9.94. The Bertz CT molecular complexity index is 848. The van der Waals surface area contributed by atoms with Crippen molar-refractivity contribution in [1.82, 2.24) is 9.80 Å². The molecule has 0 spiro atoms. The largest absolute Gasteiger partial charge is 0.339 e. The summed E-state index contributed by atoms with van der Waals surface area (Å²) in [6.07, 6.45) is 1.38. The first kappa shape index (κ1) is 20.9. The second-order valence-electron chi connectivity index (χ2n) is 7.25. The fraction of sp³-hybridized carbons (Fsp3) is 0.364. The van der Waals surface area contributed by atoms with Crippen LogP contribution in [0.1, 0.15) is 41.7 Å². The maximum atomic E-state index is 13.0.